The van der Waals surface area contributed by atoms with Crippen molar-refractivity contribution < 1.29 is 53.4 Å². The van der Waals surface area contributed by atoms with Gasteiger partial charge in [-0.2, -0.15) is 0 Å². The lowest BCUT2D eigenvalue weighted by molar-refractivity contribution is -0.170. The van der Waals surface area contributed by atoms with E-state index < -0.39 is 56.0 Å². The van der Waals surface area contributed by atoms with Gasteiger partial charge in [0.05, 0.1) is 12.7 Å². The molecule has 0 radical (unpaired) electrons. The van der Waals surface area contributed by atoms with E-state index in [1.807, 2.05) is 30.3 Å². The maximum Gasteiger partial charge on any atom is 0.329 e. The van der Waals surface area contributed by atoms with Gasteiger partial charge >= 0.3 is 17.9 Å². The van der Waals surface area contributed by atoms with Crippen molar-refractivity contribution in [3.63, 3.8) is 0 Å². The van der Waals surface area contributed by atoms with Crippen molar-refractivity contribution in [3.8, 4) is 0 Å². The Morgan fingerprint density at radius 3 is 2.13 bits per heavy atom. The minimum Gasteiger partial charge on any atom is -0.480 e. The molecule has 0 unspecified atom stereocenters. The first-order valence-electron chi connectivity index (χ1n) is 12.8. The Balaban J connectivity index is 1.89. The Hall–Kier alpha value is -3.32. The number of hydrogen-bond donors (Lipinski definition) is 3. The zero-order valence-corrected chi connectivity index (χ0v) is 22.0. The molecule has 1 aliphatic carbocycles. The third kappa shape index (κ3) is 12.4. The molecule has 3 N–H and O–H groups in total. The first-order chi connectivity index (χ1) is 18.7. The van der Waals surface area contributed by atoms with Crippen molar-refractivity contribution in [1.29, 1.82) is 0 Å². The second-order valence-electron chi connectivity index (χ2n) is 9.16. The van der Waals surface area contributed by atoms with Crippen LogP contribution in [0.3, 0.4) is 0 Å². The maximum absolute atomic E-state index is 13.1. The number of carbonyl (C=O) groups is 4. The number of aliphatic carboxylic acids is 3. The Bertz CT molecular complexity index is 966. The molecule has 1 aliphatic rings. The lowest BCUT2D eigenvalue weighted by Gasteiger charge is -2.36. The molecule has 12 nitrogen and oxygen atoms in total. The number of carbonyl (C=O) groups excluding carboxylic acids is 1. The van der Waals surface area contributed by atoms with Crippen LogP contribution in [0.25, 0.3) is 0 Å². The average Bonchev–Trinajstić information content (AvgIpc) is 2.90. The third-order valence-electron chi connectivity index (χ3n) is 5.96. The van der Waals surface area contributed by atoms with Crippen molar-refractivity contribution >= 4 is 23.8 Å². The van der Waals surface area contributed by atoms with Crippen LogP contribution in [0.5, 0.6) is 0 Å². The summed E-state index contributed by atoms with van der Waals surface area (Å²) in [4.78, 5) is 47.8. The zero-order valence-electron chi connectivity index (χ0n) is 22.0. The number of ether oxygens (including phenoxy) is 4. The highest BCUT2D eigenvalue weighted by molar-refractivity contribution is 5.93. The van der Waals surface area contributed by atoms with E-state index in [0.29, 0.717) is 19.8 Å². The van der Waals surface area contributed by atoms with Crippen LogP contribution < -0.4 is 0 Å². The van der Waals surface area contributed by atoms with Crippen molar-refractivity contribution in [2.45, 2.75) is 57.0 Å². The van der Waals surface area contributed by atoms with Crippen molar-refractivity contribution in [3.05, 3.63) is 47.5 Å². The predicted octanol–water partition coefficient (Wildman–Crippen LogP) is 1.96. The fraction of sp³-hybridized carbons (Fsp3) is 0.556. The van der Waals surface area contributed by atoms with Gasteiger partial charge in [0.25, 0.3) is 0 Å². The summed E-state index contributed by atoms with van der Waals surface area (Å²) in [7, 11) is 1.64. The smallest absolute Gasteiger partial charge is 0.329 e. The van der Waals surface area contributed by atoms with E-state index in [2.05, 4.69) is 0 Å². The van der Waals surface area contributed by atoms with Crippen LogP contribution in [0, 0.1) is 0 Å². The molecule has 0 spiro atoms. The van der Waals surface area contributed by atoms with Crippen molar-refractivity contribution in [1.82, 2.24) is 4.90 Å². The van der Waals surface area contributed by atoms with E-state index in [1.165, 1.54) is 11.0 Å². The molecule has 39 heavy (non-hydrogen) atoms. The number of unbranched alkanes of at least 4 members (excludes halogenated alkanes) is 3. The van der Waals surface area contributed by atoms with E-state index >= 15 is 0 Å². The highest BCUT2D eigenvalue weighted by Crippen LogP contribution is 2.28. The summed E-state index contributed by atoms with van der Waals surface area (Å²) in [6.45, 7) is -0.483. The number of benzene rings is 1. The molecule has 0 fully saturated rings. The van der Waals surface area contributed by atoms with Gasteiger partial charge in [-0.1, -0.05) is 43.2 Å². The first-order valence-corrected chi connectivity index (χ1v) is 12.8. The van der Waals surface area contributed by atoms with E-state index in [0.717, 1.165) is 31.2 Å². The number of carboxylic acid groups (broad SMARTS) is 3. The Morgan fingerprint density at radius 2 is 1.46 bits per heavy atom. The molecule has 1 aromatic rings. The molecule has 0 heterocycles. The normalized spacial score (nSPS) is 18.8. The summed E-state index contributed by atoms with van der Waals surface area (Å²) in [5.41, 5.74) is 1.37. The quantitative estimate of drug-likeness (QED) is 0.215. The van der Waals surface area contributed by atoms with E-state index in [4.69, 9.17) is 34.3 Å². The van der Waals surface area contributed by atoms with Gasteiger partial charge in [0.15, 0.2) is 0 Å². The van der Waals surface area contributed by atoms with E-state index in [9.17, 15) is 19.2 Å². The SMILES string of the molecule is CN(CCCCCCOCc1ccccc1)C(=O)C1=C[C@@H](OCC(=O)O)[C@@H](OCC(=O)O)[C@H](OCC(=O)O)C1. The van der Waals surface area contributed by atoms with Gasteiger partial charge in [-0.15, -0.1) is 0 Å². The maximum atomic E-state index is 13.1. The van der Waals surface area contributed by atoms with Gasteiger partial charge in [-0.3, -0.25) is 4.79 Å². The van der Waals surface area contributed by atoms with Crippen LogP contribution in [-0.4, -0.2) is 102 Å². The van der Waals surface area contributed by atoms with Crippen LogP contribution >= 0.6 is 0 Å². The highest BCUT2D eigenvalue weighted by Gasteiger charge is 2.39. The third-order valence-corrected chi connectivity index (χ3v) is 5.96. The molecule has 0 saturated heterocycles. The summed E-state index contributed by atoms with van der Waals surface area (Å²) < 4.78 is 21.8. The summed E-state index contributed by atoms with van der Waals surface area (Å²) in [6, 6.07) is 9.92. The molecule has 0 saturated carbocycles. The second-order valence-corrected chi connectivity index (χ2v) is 9.16. The minimum absolute atomic E-state index is 0.0492. The molecule has 0 aromatic heterocycles. The van der Waals surface area contributed by atoms with Gasteiger partial charge in [0, 0.05) is 32.2 Å². The van der Waals surface area contributed by atoms with E-state index in [-0.39, 0.29) is 17.9 Å². The number of rotatable bonds is 19. The zero-order chi connectivity index (χ0) is 28.6. The summed E-state index contributed by atoms with van der Waals surface area (Å²) in [5.74, 6) is -4.16. The average molecular weight is 552 g/mol. The van der Waals surface area contributed by atoms with E-state index in [1.54, 1.807) is 7.05 Å². The molecule has 216 valence electrons. The molecular weight excluding hydrogens is 514 g/mol. The van der Waals surface area contributed by atoms with Crippen LogP contribution in [-0.2, 0) is 44.7 Å². The van der Waals surface area contributed by atoms with Gasteiger partial charge in [-0.05, 0) is 24.5 Å². The number of nitrogens with zero attached hydrogens (tertiary/aromatic N) is 1. The van der Waals surface area contributed by atoms with Crippen LogP contribution in [0.2, 0.25) is 0 Å². The number of hydrogen-bond acceptors (Lipinski definition) is 8. The molecule has 1 aromatic carbocycles. The molecule has 12 heteroatoms. The van der Waals surface area contributed by atoms with Crippen molar-refractivity contribution in [2.75, 3.05) is 40.0 Å². The number of likely N-dealkylation sites (N-methyl/N-ethyl adjacent to an activating group) is 1. The molecule has 1 amide bonds. The molecule has 3 atom stereocenters. The van der Waals surface area contributed by atoms with Gasteiger partial charge < -0.3 is 39.2 Å². The van der Waals surface area contributed by atoms with Crippen molar-refractivity contribution in [2.24, 2.45) is 0 Å². The fourth-order valence-electron chi connectivity index (χ4n) is 4.09. The highest BCUT2D eigenvalue weighted by atomic mass is 16.6. The Morgan fingerprint density at radius 1 is 0.846 bits per heavy atom. The van der Waals surface area contributed by atoms with Gasteiger partial charge in [0.2, 0.25) is 5.91 Å². The van der Waals surface area contributed by atoms with Crippen LogP contribution in [0.15, 0.2) is 42.0 Å². The number of carboxylic acids is 3. The fourth-order valence-corrected chi connectivity index (χ4v) is 4.09. The largest absolute Gasteiger partial charge is 0.480 e. The summed E-state index contributed by atoms with van der Waals surface area (Å²) in [5, 5.41) is 27.0. The van der Waals surface area contributed by atoms with Gasteiger partial charge in [0.1, 0.15) is 32.0 Å². The van der Waals surface area contributed by atoms with Gasteiger partial charge in [-0.25, -0.2) is 14.4 Å². The summed E-state index contributed by atoms with van der Waals surface area (Å²) >= 11 is 0. The van der Waals surface area contributed by atoms with Crippen LogP contribution in [0.4, 0.5) is 0 Å². The number of amides is 1. The first kappa shape index (κ1) is 31.9. The Kier molecular flexibility index (Phi) is 14.2. The monoisotopic (exact) mass is 551 g/mol. The summed E-state index contributed by atoms with van der Waals surface area (Å²) in [6.07, 6.45) is 1.57. The minimum atomic E-state index is -1.28. The molecule has 0 aliphatic heterocycles. The molecular formula is C27H37NO11. The lowest BCUT2D eigenvalue weighted by atomic mass is 9.90. The standard InChI is InChI=1S/C27H37NO11/c1-28(11-7-2-3-8-12-36-15-19-9-5-4-6-10-19)27(35)20-13-21(37-16-23(29)30)26(39-18-25(33)34)22(14-20)38-17-24(31)32/h4-6,9-10,13,21-22,26H,2-3,7-8,11-12,14-18H2,1H3,(H,29,30)(H,31,32)(H,33,34)/t21-,22-,26-/m1/s1. The topological polar surface area (TPSA) is 169 Å². The second kappa shape index (κ2) is 17.3. The predicted molar refractivity (Wildman–Crippen MR) is 137 cm³/mol. The lowest BCUT2D eigenvalue weighted by Crippen LogP contribution is -2.48. The Labute approximate surface area is 227 Å². The molecule has 0 bridgehead atoms. The van der Waals surface area contributed by atoms with Crippen LogP contribution in [0.1, 0.15) is 37.7 Å². The molecule has 2 rings (SSSR count).